The van der Waals surface area contributed by atoms with E-state index < -0.39 is 0 Å². The molecule has 3 N–H and O–H groups in total. The highest BCUT2D eigenvalue weighted by atomic mass is 35.5. The van der Waals surface area contributed by atoms with Gasteiger partial charge < -0.3 is 25.4 Å². The average molecular weight is 466 g/mol. The summed E-state index contributed by atoms with van der Waals surface area (Å²) in [5, 5.41) is 9.38. The number of aromatic nitrogens is 2. The van der Waals surface area contributed by atoms with Crippen LogP contribution in [0.4, 0.5) is 28.8 Å². The van der Waals surface area contributed by atoms with Crippen LogP contribution >= 0.6 is 11.6 Å². The van der Waals surface area contributed by atoms with E-state index in [-0.39, 0.29) is 12.0 Å². The molecule has 170 valence electrons. The molecule has 1 aliphatic heterocycles. The molecule has 1 atom stereocenters. The van der Waals surface area contributed by atoms with Crippen LogP contribution in [-0.4, -0.2) is 35.2 Å². The highest BCUT2D eigenvalue weighted by Gasteiger charge is 2.16. The number of rotatable bonds is 9. The molecule has 0 aliphatic carbocycles. The summed E-state index contributed by atoms with van der Waals surface area (Å²) in [5.41, 5.74) is 2.13. The molecule has 1 fully saturated rings. The van der Waals surface area contributed by atoms with Gasteiger partial charge in [-0.25, -0.2) is 4.98 Å². The van der Waals surface area contributed by atoms with Crippen molar-refractivity contribution < 1.29 is 14.3 Å². The van der Waals surface area contributed by atoms with Crippen molar-refractivity contribution >= 4 is 46.3 Å². The number of carbonyl (C=O) groups excluding carboxylic acids is 1. The van der Waals surface area contributed by atoms with Crippen molar-refractivity contribution in [2.45, 2.75) is 18.9 Å². The molecule has 1 aromatic heterocycles. The number of ether oxygens (including phenoxy) is 2. The third-order valence-corrected chi connectivity index (χ3v) is 5.17. The van der Waals surface area contributed by atoms with Crippen LogP contribution in [0.2, 0.25) is 5.02 Å². The third-order valence-electron chi connectivity index (χ3n) is 4.89. The number of anilines is 5. The van der Waals surface area contributed by atoms with Crippen LogP contribution in [0.1, 0.15) is 12.8 Å². The number of hydrogen-bond donors (Lipinski definition) is 3. The van der Waals surface area contributed by atoms with Gasteiger partial charge in [0.25, 0.3) is 0 Å². The molecule has 33 heavy (non-hydrogen) atoms. The molecule has 8 nitrogen and oxygen atoms in total. The lowest BCUT2D eigenvalue weighted by Gasteiger charge is -2.13. The van der Waals surface area contributed by atoms with E-state index in [0.717, 1.165) is 30.9 Å². The number of halogens is 1. The van der Waals surface area contributed by atoms with Gasteiger partial charge in [0.05, 0.1) is 12.3 Å². The summed E-state index contributed by atoms with van der Waals surface area (Å²) in [7, 11) is 0. The normalized spacial score (nSPS) is 15.0. The molecule has 1 aliphatic rings. The molecule has 0 bridgehead atoms. The Morgan fingerprint density at radius 1 is 1.18 bits per heavy atom. The Morgan fingerprint density at radius 2 is 2.00 bits per heavy atom. The van der Waals surface area contributed by atoms with E-state index in [9.17, 15) is 4.79 Å². The molecule has 1 amide bonds. The van der Waals surface area contributed by atoms with E-state index in [2.05, 4.69) is 32.5 Å². The molecule has 3 aromatic rings. The maximum absolute atomic E-state index is 11.5. The van der Waals surface area contributed by atoms with Crippen LogP contribution < -0.4 is 20.7 Å². The van der Waals surface area contributed by atoms with Crippen LogP contribution in [0.3, 0.4) is 0 Å². The topological polar surface area (TPSA) is 97.4 Å². The number of carbonyl (C=O) groups is 1. The van der Waals surface area contributed by atoms with Gasteiger partial charge >= 0.3 is 0 Å². The molecule has 2 heterocycles. The minimum Gasteiger partial charge on any atom is -0.491 e. The number of nitrogens with zero attached hydrogens (tertiary/aromatic N) is 2. The van der Waals surface area contributed by atoms with E-state index in [0.29, 0.717) is 34.8 Å². The van der Waals surface area contributed by atoms with Gasteiger partial charge in [0.15, 0.2) is 5.82 Å². The summed E-state index contributed by atoms with van der Waals surface area (Å²) in [6.45, 7) is 4.82. The summed E-state index contributed by atoms with van der Waals surface area (Å²) >= 11 is 6.28. The van der Waals surface area contributed by atoms with E-state index in [1.807, 2.05) is 30.3 Å². The Morgan fingerprint density at radius 3 is 2.76 bits per heavy atom. The lowest BCUT2D eigenvalue weighted by molar-refractivity contribution is -0.111. The van der Waals surface area contributed by atoms with Crippen LogP contribution in [0.15, 0.2) is 67.4 Å². The first-order chi connectivity index (χ1) is 16.1. The summed E-state index contributed by atoms with van der Waals surface area (Å²) in [4.78, 5) is 20.2. The minimum atomic E-state index is -0.290. The summed E-state index contributed by atoms with van der Waals surface area (Å²) in [5.74, 6) is 1.30. The molecule has 9 heteroatoms. The molecule has 1 saturated heterocycles. The monoisotopic (exact) mass is 465 g/mol. The number of amides is 1. The van der Waals surface area contributed by atoms with Crippen LogP contribution in [0.5, 0.6) is 5.75 Å². The van der Waals surface area contributed by atoms with E-state index in [1.54, 1.807) is 18.2 Å². The number of benzene rings is 2. The Hall–Kier alpha value is -3.62. The first kappa shape index (κ1) is 22.6. The zero-order valence-electron chi connectivity index (χ0n) is 17.9. The molecular weight excluding hydrogens is 442 g/mol. The van der Waals surface area contributed by atoms with Gasteiger partial charge in [0.1, 0.15) is 17.4 Å². The third kappa shape index (κ3) is 6.44. The quantitative estimate of drug-likeness (QED) is 0.369. The van der Waals surface area contributed by atoms with Crippen LogP contribution in [0, 0.1) is 0 Å². The van der Waals surface area contributed by atoms with Crippen molar-refractivity contribution in [3.8, 4) is 5.75 Å². The van der Waals surface area contributed by atoms with E-state index in [1.165, 1.54) is 12.3 Å². The molecular formula is C24H24ClN5O3. The summed E-state index contributed by atoms with van der Waals surface area (Å²) in [6.07, 6.45) is 5.03. The van der Waals surface area contributed by atoms with Gasteiger partial charge in [-0.1, -0.05) is 24.2 Å². The fourth-order valence-corrected chi connectivity index (χ4v) is 3.39. The lowest BCUT2D eigenvalue weighted by Crippen LogP contribution is -2.16. The molecule has 1 unspecified atom stereocenters. The van der Waals surface area contributed by atoms with Crippen molar-refractivity contribution in [3.05, 3.63) is 72.4 Å². The maximum atomic E-state index is 11.5. The number of nitrogens with one attached hydrogen (secondary N) is 3. The maximum Gasteiger partial charge on any atom is 0.247 e. The Bertz CT molecular complexity index is 1120. The fraction of sp³-hybridized carbons (Fsp3) is 0.208. The predicted octanol–water partition coefficient (Wildman–Crippen LogP) is 5.30. The largest absolute Gasteiger partial charge is 0.491 e. The van der Waals surface area contributed by atoms with Gasteiger partial charge in [-0.15, -0.1) is 0 Å². The highest BCUT2D eigenvalue weighted by Crippen LogP contribution is 2.27. The van der Waals surface area contributed by atoms with Crippen molar-refractivity contribution in [3.63, 3.8) is 0 Å². The molecule has 0 saturated carbocycles. The van der Waals surface area contributed by atoms with Gasteiger partial charge in [0.2, 0.25) is 11.9 Å². The Balaban J connectivity index is 1.39. The van der Waals surface area contributed by atoms with Crippen molar-refractivity contribution in [1.29, 1.82) is 0 Å². The van der Waals surface area contributed by atoms with Crippen molar-refractivity contribution in [2.24, 2.45) is 0 Å². The first-order valence-corrected chi connectivity index (χ1v) is 10.9. The summed E-state index contributed by atoms with van der Waals surface area (Å²) < 4.78 is 11.4. The van der Waals surface area contributed by atoms with Crippen LogP contribution in [0.25, 0.3) is 0 Å². The van der Waals surface area contributed by atoms with Crippen molar-refractivity contribution in [2.75, 3.05) is 29.2 Å². The zero-order valence-corrected chi connectivity index (χ0v) is 18.6. The lowest BCUT2D eigenvalue weighted by atomic mass is 10.2. The van der Waals surface area contributed by atoms with Crippen molar-refractivity contribution in [1.82, 2.24) is 9.97 Å². The van der Waals surface area contributed by atoms with Gasteiger partial charge in [-0.05, 0) is 61.4 Å². The SMILES string of the molecule is C=CC(=O)Nc1cccc(Nc2nc(Nc3ccc(OCC4CCCO4)cc3)ncc2Cl)c1. The van der Waals surface area contributed by atoms with Gasteiger partial charge in [0, 0.05) is 23.7 Å². The smallest absolute Gasteiger partial charge is 0.247 e. The predicted molar refractivity (Wildman–Crippen MR) is 130 cm³/mol. The van der Waals surface area contributed by atoms with E-state index >= 15 is 0 Å². The molecule has 4 rings (SSSR count). The van der Waals surface area contributed by atoms with Gasteiger partial charge in [-0.3, -0.25) is 4.79 Å². The molecule has 0 radical (unpaired) electrons. The molecule has 0 spiro atoms. The van der Waals surface area contributed by atoms with E-state index in [4.69, 9.17) is 21.1 Å². The standard InChI is InChI=1S/C24H24ClN5O3/c1-2-22(31)27-17-5-3-6-18(13-17)28-23-21(25)14-26-24(30-23)29-16-8-10-19(11-9-16)33-15-20-7-4-12-32-20/h2-3,5-6,8-11,13-14,20H,1,4,7,12,15H2,(H,27,31)(H2,26,28,29,30). The highest BCUT2D eigenvalue weighted by molar-refractivity contribution is 6.32. The summed E-state index contributed by atoms with van der Waals surface area (Å²) in [6, 6.07) is 14.7. The second kappa shape index (κ2) is 10.8. The Kier molecular flexibility index (Phi) is 7.39. The molecule has 2 aromatic carbocycles. The van der Waals surface area contributed by atoms with Gasteiger partial charge in [-0.2, -0.15) is 4.98 Å². The average Bonchev–Trinajstić information content (AvgIpc) is 3.35. The fourth-order valence-electron chi connectivity index (χ4n) is 3.25. The number of hydrogen-bond acceptors (Lipinski definition) is 7. The second-order valence-corrected chi connectivity index (χ2v) is 7.79. The zero-order chi connectivity index (χ0) is 23.0. The Labute approximate surface area is 197 Å². The van der Waals surface area contributed by atoms with Crippen LogP contribution in [-0.2, 0) is 9.53 Å². The second-order valence-electron chi connectivity index (χ2n) is 7.38. The minimum absolute atomic E-state index is 0.176. The first-order valence-electron chi connectivity index (χ1n) is 10.5.